The van der Waals surface area contributed by atoms with Crippen molar-refractivity contribution in [2.75, 3.05) is 26.2 Å². The fraction of sp³-hybridized carbons (Fsp3) is 0.538. The van der Waals surface area contributed by atoms with E-state index in [0.717, 1.165) is 25.6 Å². The van der Waals surface area contributed by atoms with Crippen molar-refractivity contribution in [3.63, 3.8) is 0 Å². The van der Waals surface area contributed by atoms with Crippen molar-refractivity contribution < 1.29 is 13.3 Å². The number of rotatable bonds is 3. The summed E-state index contributed by atoms with van der Waals surface area (Å²) in [4.78, 5) is 10.1. The number of nitro benzene ring substituents is 1. The standard InChI is InChI=1S/C13H16ClN3O4S/c14-11-1-2-13(12(5-11)17(18)19)22(20,21)16-4-3-9-6-15-7-10(9)8-16/h1-2,5,9-10,15H,3-4,6-8H2. The van der Waals surface area contributed by atoms with Gasteiger partial charge < -0.3 is 5.32 Å². The lowest BCUT2D eigenvalue weighted by molar-refractivity contribution is -0.387. The highest BCUT2D eigenvalue weighted by Crippen LogP contribution is 2.34. The Morgan fingerprint density at radius 3 is 2.77 bits per heavy atom. The quantitative estimate of drug-likeness (QED) is 0.661. The van der Waals surface area contributed by atoms with Crippen molar-refractivity contribution in [3.05, 3.63) is 33.3 Å². The third-order valence-corrected chi connectivity index (χ3v) is 6.55. The van der Waals surface area contributed by atoms with Gasteiger partial charge in [-0.3, -0.25) is 10.1 Å². The summed E-state index contributed by atoms with van der Waals surface area (Å²) in [5, 5.41) is 14.5. The van der Waals surface area contributed by atoms with E-state index >= 15 is 0 Å². The first-order valence-corrected chi connectivity index (χ1v) is 8.86. The summed E-state index contributed by atoms with van der Waals surface area (Å²) >= 11 is 5.75. The van der Waals surface area contributed by atoms with Crippen molar-refractivity contribution >= 4 is 27.3 Å². The Kier molecular flexibility index (Phi) is 4.11. The number of nitrogens with zero attached hydrogens (tertiary/aromatic N) is 2. The number of nitrogens with one attached hydrogen (secondary N) is 1. The van der Waals surface area contributed by atoms with Gasteiger partial charge in [-0.2, -0.15) is 4.31 Å². The Balaban J connectivity index is 1.95. The van der Waals surface area contributed by atoms with Gasteiger partial charge in [0, 0.05) is 24.2 Å². The first-order chi connectivity index (χ1) is 10.4. The Morgan fingerprint density at radius 2 is 2.05 bits per heavy atom. The third-order valence-electron chi connectivity index (χ3n) is 4.40. The van der Waals surface area contributed by atoms with Crippen molar-refractivity contribution in [2.45, 2.75) is 11.3 Å². The maximum atomic E-state index is 12.8. The normalized spacial score (nSPS) is 25.9. The molecule has 3 rings (SSSR count). The summed E-state index contributed by atoms with van der Waals surface area (Å²) < 4.78 is 26.9. The fourth-order valence-corrected chi connectivity index (χ4v) is 5.03. The molecule has 2 aliphatic rings. The molecular formula is C13H16ClN3O4S. The highest BCUT2D eigenvalue weighted by atomic mass is 35.5. The molecule has 0 aromatic heterocycles. The van der Waals surface area contributed by atoms with Crippen LogP contribution in [-0.4, -0.2) is 43.8 Å². The molecule has 1 N–H and O–H groups in total. The Hall–Kier alpha value is -1.22. The zero-order chi connectivity index (χ0) is 15.9. The zero-order valence-electron chi connectivity index (χ0n) is 11.7. The summed E-state index contributed by atoms with van der Waals surface area (Å²) in [7, 11) is -3.89. The Labute approximate surface area is 133 Å². The van der Waals surface area contributed by atoms with Gasteiger partial charge in [0.05, 0.1) is 4.92 Å². The van der Waals surface area contributed by atoms with Crippen molar-refractivity contribution in [2.24, 2.45) is 11.8 Å². The first-order valence-electron chi connectivity index (χ1n) is 7.04. The molecule has 9 heteroatoms. The SMILES string of the molecule is O=[N+]([O-])c1cc(Cl)ccc1S(=O)(=O)N1CCC2CNCC2C1. The number of nitro groups is 1. The van der Waals surface area contributed by atoms with Crippen LogP contribution in [0.2, 0.25) is 5.02 Å². The molecule has 2 fully saturated rings. The number of hydrogen-bond donors (Lipinski definition) is 1. The molecule has 2 unspecified atom stereocenters. The first kappa shape index (κ1) is 15.7. The molecule has 2 aliphatic heterocycles. The smallest absolute Gasteiger partial charge is 0.290 e. The topological polar surface area (TPSA) is 92.5 Å². The predicted octanol–water partition coefficient (Wildman–Crippen LogP) is 1.48. The minimum absolute atomic E-state index is 0.143. The van der Waals surface area contributed by atoms with E-state index in [-0.39, 0.29) is 15.8 Å². The van der Waals surface area contributed by atoms with Crippen LogP contribution in [0.15, 0.2) is 23.1 Å². The fourth-order valence-electron chi connectivity index (χ4n) is 3.21. The average molecular weight is 346 g/mol. The lowest BCUT2D eigenvalue weighted by Gasteiger charge is -2.33. The van der Waals surface area contributed by atoms with E-state index in [1.54, 1.807) is 0 Å². The van der Waals surface area contributed by atoms with Crippen LogP contribution in [0.4, 0.5) is 5.69 Å². The van der Waals surface area contributed by atoms with E-state index in [4.69, 9.17) is 11.6 Å². The van der Waals surface area contributed by atoms with Crippen molar-refractivity contribution in [1.82, 2.24) is 9.62 Å². The van der Waals surface area contributed by atoms with E-state index in [1.807, 2.05) is 0 Å². The number of piperidine rings is 1. The van der Waals surface area contributed by atoms with Gasteiger partial charge in [-0.1, -0.05) is 11.6 Å². The molecule has 1 aromatic carbocycles. The van der Waals surface area contributed by atoms with Crippen LogP contribution in [0.3, 0.4) is 0 Å². The van der Waals surface area contributed by atoms with Gasteiger partial charge >= 0.3 is 0 Å². The minimum Gasteiger partial charge on any atom is -0.316 e. The van der Waals surface area contributed by atoms with Gasteiger partial charge in [-0.15, -0.1) is 0 Å². The van der Waals surface area contributed by atoms with Crippen LogP contribution in [0.1, 0.15) is 6.42 Å². The second-order valence-corrected chi connectivity index (χ2v) is 8.04. The molecule has 2 heterocycles. The van der Waals surface area contributed by atoms with Crippen molar-refractivity contribution in [3.8, 4) is 0 Å². The van der Waals surface area contributed by atoms with E-state index in [0.29, 0.717) is 19.0 Å². The van der Waals surface area contributed by atoms with Gasteiger partial charge in [0.15, 0.2) is 4.90 Å². The van der Waals surface area contributed by atoms with Crippen LogP contribution in [0.5, 0.6) is 0 Å². The Bertz CT molecular complexity index is 709. The van der Waals surface area contributed by atoms with E-state index in [2.05, 4.69) is 5.32 Å². The van der Waals surface area contributed by atoms with E-state index in [1.165, 1.54) is 16.4 Å². The van der Waals surface area contributed by atoms with Gasteiger partial charge in [0.2, 0.25) is 10.0 Å². The van der Waals surface area contributed by atoms with Gasteiger partial charge in [-0.05, 0) is 43.5 Å². The number of benzene rings is 1. The van der Waals surface area contributed by atoms with Crippen LogP contribution in [0, 0.1) is 22.0 Å². The van der Waals surface area contributed by atoms with Gasteiger partial charge in [0.25, 0.3) is 5.69 Å². The third kappa shape index (κ3) is 2.71. The molecule has 0 bridgehead atoms. The minimum atomic E-state index is -3.89. The molecule has 2 atom stereocenters. The van der Waals surface area contributed by atoms with Crippen LogP contribution < -0.4 is 5.32 Å². The molecule has 0 saturated carbocycles. The predicted molar refractivity (Wildman–Crippen MR) is 81.3 cm³/mol. The largest absolute Gasteiger partial charge is 0.316 e. The van der Waals surface area contributed by atoms with E-state index in [9.17, 15) is 18.5 Å². The molecule has 120 valence electrons. The number of halogens is 1. The summed E-state index contributed by atoms with van der Waals surface area (Å²) in [6.07, 6.45) is 0.776. The molecular weight excluding hydrogens is 330 g/mol. The number of fused-ring (bicyclic) bond motifs is 1. The lowest BCUT2D eigenvalue weighted by atomic mass is 9.90. The molecule has 2 saturated heterocycles. The number of sulfonamides is 1. The summed E-state index contributed by atoms with van der Waals surface area (Å²) in [5.41, 5.74) is -0.473. The highest BCUT2D eigenvalue weighted by Gasteiger charge is 2.39. The number of hydrogen-bond acceptors (Lipinski definition) is 5. The molecule has 22 heavy (non-hydrogen) atoms. The summed E-state index contributed by atoms with van der Waals surface area (Å²) in [5.74, 6) is 0.765. The van der Waals surface area contributed by atoms with Gasteiger partial charge in [0.1, 0.15) is 0 Å². The molecule has 0 spiro atoms. The monoisotopic (exact) mass is 345 g/mol. The second kappa shape index (κ2) is 5.77. The lowest BCUT2D eigenvalue weighted by Crippen LogP contribution is -2.43. The maximum absolute atomic E-state index is 12.8. The molecule has 1 aromatic rings. The second-order valence-electron chi connectivity index (χ2n) is 5.70. The van der Waals surface area contributed by atoms with Crippen LogP contribution in [0.25, 0.3) is 0 Å². The van der Waals surface area contributed by atoms with Gasteiger partial charge in [-0.25, -0.2) is 8.42 Å². The molecule has 0 aliphatic carbocycles. The maximum Gasteiger partial charge on any atom is 0.290 e. The summed E-state index contributed by atoms with van der Waals surface area (Å²) in [6.45, 7) is 2.50. The zero-order valence-corrected chi connectivity index (χ0v) is 13.3. The Morgan fingerprint density at radius 1 is 1.32 bits per heavy atom. The van der Waals surface area contributed by atoms with Crippen LogP contribution in [-0.2, 0) is 10.0 Å². The molecule has 0 amide bonds. The van der Waals surface area contributed by atoms with Crippen molar-refractivity contribution in [1.29, 1.82) is 0 Å². The highest BCUT2D eigenvalue weighted by molar-refractivity contribution is 7.89. The average Bonchev–Trinajstić information content (AvgIpc) is 2.94. The van der Waals surface area contributed by atoms with E-state index < -0.39 is 20.6 Å². The summed E-state index contributed by atoms with van der Waals surface area (Å²) in [6, 6.07) is 3.67. The van der Waals surface area contributed by atoms with Crippen LogP contribution >= 0.6 is 11.6 Å². The molecule has 0 radical (unpaired) electrons. The molecule has 7 nitrogen and oxygen atoms in total.